The van der Waals surface area contributed by atoms with E-state index < -0.39 is 22.1 Å². The molecular formula is C19H26N2O3Si2. The molecule has 0 unspecified atom stereocenters. The van der Waals surface area contributed by atoms with Crippen molar-refractivity contribution in [2.24, 2.45) is 0 Å². The summed E-state index contributed by atoms with van der Waals surface area (Å²) in [4.78, 5) is 27.7. The number of aromatic nitrogens is 1. The zero-order valence-electron chi connectivity index (χ0n) is 16.2. The van der Waals surface area contributed by atoms with Crippen molar-refractivity contribution in [3.05, 3.63) is 47.7 Å². The van der Waals surface area contributed by atoms with Crippen molar-refractivity contribution in [2.75, 3.05) is 5.32 Å². The molecule has 2 N–H and O–H groups in total. The van der Waals surface area contributed by atoms with Crippen molar-refractivity contribution >= 4 is 44.2 Å². The first-order chi connectivity index (χ1) is 11.9. The molecule has 5 nitrogen and oxygen atoms in total. The van der Waals surface area contributed by atoms with Gasteiger partial charge in [-0.1, -0.05) is 67.9 Å². The first kappa shape index (κ1) is 20.1. The predicted octanol–water partition coefficient (Wildman–Crippen LogP) is 3.12. The minimum atomic E-state index is -1.57. The Bertz CT molecular complexity index is 803. The molecule has 0 fully saturated rings. The molecular weight excluding hydrogens is 360 g/mol. The van der Waals surface area contributed by atoms with Crippen molar-refractivity contribution in [2.45, 2.75) is 39.3 Å². The second kappa shape index (κ2) is 7.16. The molecule has 0 radical (unpaired) electrons. The number of benzene rings is 1. The zero-order valence-corrected chi connectivity index (χ0v) is 18.2. The van der Waals surface area contributed by atoms with Gasteiger partial charge in [-0.05, 0) is 12.1 Å². The minimum absolute atomic E-state index is 0.0877. The lowest BCUT2D eigenvalue weighted by Gasteiger charge is -2.24. The topological polar surface area (TPSA) is 79.3 Å². The summed E-state index contributed by atoms with van der Waals surface area (Å²) in [6, 6.07) is 9.17. The maximum Gasteiger partial charge on any atom is 0.337 e. The van der Waals surface area contributed by atoms with E-state index in [1.807, 2.05) is 12.1 Å². The number of carboxylic acid groups (broad SMARTS) is 1. The Morgan fingerprint density at radius 2 is 1.42 bits per heavy atom. The molecule has 1 heterocycles. The molecule has 7 heteroatoms. The average Bonchev–Trinajstić information content (AvgIpc) is 2.53. The van der Waals surface area contributed by atoms with Crippen molar-refractivity contribution in [3.63, 3.8) is 0 Å². The lowest BCUT2D eigenvalue weighted by Crippen LogP contribution is -2.46. The van der Waals surface area contributed by atoms with E-state index in [0.29, 0.717) is 11.4 Å². The molecule has 0 saturated heterocycles. The number of hydrogen-bond acceptors (Lipinski definition) is 3. The van der Waals surface area contributed by atoms with Crippen LogP contribution < -0.4 is 15.7 Å². The molecule has 1 aromatic heterocycles. The van der Waals surface area contributed by atoms with Crippen molar-refractivity contribution in [1.82, 2.24) is 4.98 Å². The van der Waals surface area contributed by atoms with E-state index in [2.05, 4.69) is 55.6 Å². The van der Waals surface area contributed by atoms with Crippen LogP contribution in [-0.4, -0.2) is 38.1 Å². The first-order valence-electron chi connectivity index (χ1n) is 8.55. The van der Waals surface area contributed by atoms with Crippen LogP contribution in [-0.2, 0) is 0 Å². The third-order valence-electron chi connectivity index (χ3n) is 4.18. The van der Waals surface area contributed by atoms with Gasteiger partial charge in [0.2, 0.25) is 0 Å². The Balaban J connectivity index is 2.37. The van der Waals surface area contributed by atoms with Gasteiger partial charge < -0.3 is 10.4 Å². The number of nitrogens with zero attached hydrogens (tertiary/aromatic N) is 1. The summed E-state index contributed by atoms with van der Waals surface area (Å²) in [6.07, 6.45) is 1.24. The van der Waals surface area contributed by atoms with Gasteiger partial charge in [0.05, 0.1) is 21.7 Å². The van der Waals surface area contributed by atoms with Crippen molar-refractivity contribution < 1.29 is 14.7 Å². The van der Waals surface area contributed by atoms with Gasteiger partial charge in [-0.15, -0.1) is 0 Å². The number of rotatable bonds is 5. The van der Waals surface area contributed by atoms with Gasteiger partial charge in [0.1, 0.15) is 5.82 Å². The van der Waals surface area contributed by atoms with Gasteiger partial charge in [-0.2, -0.15) is 0 Å². The Kier molecular flexibility index (Phi) is 5.53. The fraction of sp³-hybridized carbons (Fsp3) is 0.316. The number of pyridine rings is 1. The maximum atomic E-state index is 12.8. The Morgan fingerprint density at radius 3 is 1.81 bits per heavy atom. The normalized spacial score (nSPS) is 11.9. The molecule has 138 valence electrons. The number of carboxylic acids is 1. The van der Waals surface area contributed by atoms with E-state index in [0.717, 1.165) is 0 Å². The highest BCUT2D eigenvalue weighted by molar-refractivity contribution is 6.91. The highest BCUT2D eigenvalue weighted by atomic mass is 28.3. The molecule has 0 spiro atoms. The standard InChI is InChI=1S/C19H26N2O3Si2/c1-25(2,3)15-9-14(10-16(11-15)26(4,5)6)18(22)21-17-8-7-13(12-20-17)19(23)24/h7-12H,1-6H3,(H,23,24)(H,20,21,22). The number of carbonyl (C=O) groups excluding carboxylic acids is 1. The van der Waals surface area contributed by atoms with E-state index in [1.165, 1.54) is 28.7 Å². The largest absolute Gasteiger partial charge is 0.478 e. The Labute approximate surface area is 156 Å². The average molecular weight is 387 g/mol. The molecule has 1 amide bonds. The Morgan fingerprint density at radius 1 is 0.885 bits per heavy atom. The van der Waals surface area contributed by atoms with Crippen LogP contribution in [0.5, 0.6) is 0 Å². The molecule has 2 rings (SSSR count). The van der Waals surface area contributed by atoms with Crippen LogP contribution in [0, 0.1) is 0 Å². The highest BCUT2D eigenvalue weighted by Gasteiger charge is 2.24. The van der Waals surface area contributed by atoms with Gasteiger partial charge in [-0.3, -0.25) is 4.79 Å². The van der Waals surface area contributed by atoms with E-state index in [9.17, 15) is 9.59 Å². The van der Waals surface area contributed by atoms with Crippen LogP contribution in [0.4, 0.5) is 5.82 Å². The molecule has 26 heavy (non-hydrogen) atoms. The summed E-state index contributed by atoms with van der Waals surface area (Å²) in [5, 5.41) is 14.2. The number of hydrogen-bond donors (Lipinski definition) is 2. The van der Waals surface area contributed by atoms with E-state index >= 15 is 0 Å². The number of carbonyl (C=O) groups is 2. The quantitative estimate of drug-likeness (QED) is 0.774. The molecule has 1 aromatic carbocycles. The molecule has 2 aromatic rings. The van der Waals surface area contributed by atoms with Crippen LogP contribution in [0.1, 0.15) is 20.7 Å². The number of anilines is 1. The summed E-state index contributed by atoms with van der Waals surface area (Å²) in [6.45, 7) is 13.6. The Hall–Kier alpha value is -2.26. The zero-order chi connectivity index (χ0) is 19.7. The summed E-state index contributed by atoms with van der Waals surface area (Å²) >= 11 is 0. The van der Waals surface area contributed by atoms with Gasteiger partial charge in [-0.25, -0.2) is 9.78 Å². The van der Waals surface area contributed by atoms with Crippen LogP contribution in [0.2, 0.25) is 39.3 Å². The lowest BCUT2D eigenvalue weighted by molar-refractivity contribution is 0.0696. The van der Waals surface area contributed by atoms with Crippen LogP contribution in [0.15, 0.2) is 36.5 Å². The summed E-state index contributed by atoms with van der Waals surface area (Å²) in [5.41, 5.74) is 0.719. The number of amides is 1. The van der Waals surface area contributed by atoms with E-state index in [1.54, 1.807) is 0 Å². The fourth-order valence-corrected chi connectivity index (χ4v) is 4.91. The molecule has 0 aliphatic rings. The highest BCUT2D eigenvalue weighted by Crippen LogP contribution is 2.11. The maximum absolute atomic E-state index is 12.8. The monoisotopic (exact) mass is 386 g/mol. The molecule has 0 atom stereocenters. The molecule has 0 saturated carbocycles. The smallest absolute Gasteiger partial charge is 0.337 e. The summed E-state index contributed by atoms with van der Waals surface area (Å²) in [5.74, 6) is -0.925. The third-order valence-corrected chi connectivity index (χ3v) is 8.22. The summed E-state index contributed by atoms with van der Waals surface area (Å²) in [7, 11) is -3.14. The molecule has 0 aliphatic heterocycles. The first-order valence-corrected chi connectivity index (χ1v) is 15.5. The van der Waals surface area contributed by atoms with Gasteiger partial charge in [0, 0.05) is 11.8 Å². The van der Waals surface area contributed by atoms with E-state index in [4.69, 9.17) is 5.11 Å². The SMILES string of the molecule is C[Si](C)(C)c1cc(C(=O)Nc2ccc(C(=O)O)cn2)cc([Si](C)(C)C)c1. The van der Waals surface area contributed by atoms with Crippen LogP contribution in [0.25, 0.3) is 0 Å². The minimum Gasteiger partial charge on any atom is -0.478 e. The number of aromatic carboxylic acids is 1. The lowest BCUT2D eigenvalue weighted by atomic mass is 10.2. The second-order valence-corrected chi connectivity index (χ2v) is 18.6. The van der Waals surface area contributed by atoms with Gasteiger partial charge in [0.25, 0.3) is 5.91 Å². The summed E-state index contributed by atoms with van der Waals surface area (Å²) < 4.78 is 0. The van der Waals surface area contributed by atoms with E-state index in [-0.39, 0.29) is 11.5 Å². The van der Waals surface area contributed by atoms with Crippen LogP contribution in [0.3, 0.4) is 0 Å². The van der Waals surface area contributed by atoms with Crippen LogP contribution >= 0.6 is 0 Å². The molecule has 0 bridgehead atoms. The molecule has 0 aliphatic carbocycles. The predicted molar refractivity (Wildman–Crippen MR) is 112 cm³/mol. The fourth-order valence-electron chi connectivity index (χ4n) is 2.41. The third kappa shape index (κ3) is 4.89. The number of nitrogens with one attached hydrogen (secondary N) is 1. The van der Waals surface area contributed by atoms with Gasteiger partial charge >= 0.3 is 5.97 Å². The second-order valence-electron chi connectivity index (χ2n) is 8.49. The van der Waals surface area contributed by atoms with Gasteiger partial charge in [0.15, 0.2) is 0 Å². The van der Waals surface area contributed by atoms with Crippen molar-refractivity contribution in [3.8, 4) is 0 Å². The van der Waals surface area contributed by atoms with Crippen molar-refractivity contribution in [1.29, 1.82) is 0 Å².